The molecule has 56 valence electrons. The third-order valence-corrected chi connectivity index (χ3v) is 0.953. The Bertz CT molecular complexity index is 227. The van der Waals surface area contributed by atoms with E-state index in [9.17, 15) is 13.2 Å². The molecule has 1 aromatic rings. The lowest BCUT2D eigenvalue weighted by atomic mass is 10.4. The van der Waals surface area contributed by atoms with Gasteiger partial charge in [0.15, 0.2) is 0 Å². The summed E-state index contributed by atoms with van der Waals surface area (Å²) >= 11 is 0. The molecule has 0 unspecified atom stereocenters. The molecule has 1 aromatic heterocycles. The Morgan fingerprint density at radius 2 is 2.00 bits per heavy atom. The van der Waals surface area contributed by atoms with E-state index < -0.39 is 11.9 Å². The summed E-state index contributed by atoms with van der Waals surface area (Å²) in [5, 5.41) is 0. The van der Waals surface area contributed by atoms with Crippen LogP contribution >= 0.6 is 0 Å². The Hall–Kier alpha value is -1.13. The monoisotopic (exact) mass is 151 g/mol. The van der Waals surface area contributed by atoms with Gasteiger partial charge < -0.3 is 10.2 Å². The zero-order valence-corrected chi connectivity index (χ0v) is 4.77. The molecule has 0 aliphatic rings. The van der Waals surface area contributed by atoms with Gasteiger partial charge in [-0.15, -0.1) is 0 Å². The number of furan rings is 1. The Labute approximate surface area is 54.4 Å². The molecular formula is C5H4F3NO. The fourth-order valence-electron chi connectivity index (χ4n) is 0.550. The van der Waals surface area contributed by atoms with Crippen molar-refractivity contribution in [3.05, 3.63) is 18.1 Å². The van der Waals surface area contributed by atoms with Crippen LogP contribution in [-0.4, -0.2) is 0 Å². The van der Waals surface area contributed by atoms with E-state index in [1.807, 2.05) is 0 Å². The SMILES string of the molecule is Nc1ccoc1C(F)(F)F. The summed E-state index contributed by atoms with van der Waals surface area (Å²) in [7, 11) is 0. The lowest BCUT2D eigenvalue weighted by Crippen LogP contribution is -2.05. The summed E-state index contributed by atoms with van der Waals surface area (Å²) in [6, 6.07) is 1.06. The molecular weight excluding hydrogens is 147 g/mol. The molecule has 0 radical (unpaired) electrons. The van der Waals surface area contributed by atoms with Crippen molar-refractivity contribution < 1.29 is 17.6 Å². The third kappa shape index (κ3) is 1.07. The highest BCUT2D eigenvalue weighted by atomic mass is 19.4. The average molecular weight is 151 g/mol. The molecule has 0 bridgehead atoms. The standard InChI is InChI=1S/C5H4F3NO/c6-5(7,8)4-3(9)1-2-10-4/h1-2H,9H2. The van der Waals surface area contributed by atoms with Crippen LogP contribution in [0.2, 0.25) is 0 Å². The van der Waals surface area contributed by atoms with Crippen LogP contribution in [0.15, 0.2) is 16.7 Å². The van der Waals surface area contributed by atoms with Crippen molar-refractivity contribution in [2.24, 2.45) is 0 Å². The van der Waals surface area contributed by atoms with Crippen LogP contribution in [0.3, 0.4) is 0 Å². The van der Waals surface area contributed by atoms with Crippen molar-refractivity contribution in [2.45, 2.75) is 6.18 Å². The van der Waals surface area contributed by atoms with Crippen LogP contribution < -0.4 is 5.73 Å². The molecule has 0 aromatic carbocycles. The van der Waals surface area contributed by atoms with Crippen LogP contribution in [0.4, 0.5) is 18.9 Å². The number of nitrogen functional groups attached to an aromatic ring is 1. The second kappa shape index (κ2) is 1.93. The summed E-state index contributed by atoms with van der Waals surface area (Å²) in [5.41, 5.74) is 4.53. The van der Waals surface area contributed by atoms with Crippen molar-refractivity contribution in [1.29, 1.82) is 0 Å². The van der Waals surface area contributed by atoms with Crippen LogP contribution in [0.25, 0.3) is 0 Å². The van der Waals surface area contributed by atoms with Crippen molar-refractivity contribution in [2.75, 3.05) is 5.73 Å². The summed E-state index contributed by atoms with van der Waals surface area (Å²) < 4.78 is 39.2. The predicted octanol–water partition coefficient (Wildman–Crippen LogP) is 1.88. The number of rotatable bonds is 0. The molecule has 2 nitrogen and oxygen atoms in total. The molecule has 1 heterocycles. The van der Waals surface area contributed by atoms with E-state index in [1.54, 1.807) is 0 Å². The number of nitrogens with two attached hydrogens (primary N) is 1. The van der Waals surface area contributed by atoms with E-state index in [-0.39, 0.29) is 5.69 Å². The minimum Gasteiger partial charge on any atom is -0.458 e. The molecule has 0 fully saturated rings. The minimum absolute atomic E-state index is 0.382. The first-order valence-electron chi connectivity index (χ1n) is 2.42. The van der Waals surface area contributed by atoms with Crippen molar-refractivity contribution in [3.8, 4) is 0 Å². The first-order valence-corrected chi connectivity index (χ1v) is 2.42. The third-order valence-electron chi connectivity index (χ3n) is 0.953. The van der Waals surface area contributed by atoms with Crippen molar-refractivity contribution in [1.82, 2.24) is 0 Å². The lowest BCUT2D eigenvalue weighted by molar-refractivity contribution is -0.152. The topological polar surface area (TPSA) is 39.2 Å². The van der Waals surface area contributed by atoms with Crippen molar-refractivity contribution in [3.63, 3.8) is 0 Å². The van der Waals surface area contributed by atoms with Gasteiger partial charge in [0.25, 0.3) is 0 Å². The fraction of sp³-hybridized carbons (Fsp3) is 0.200. The molecule has 0 spiro atoms. The van der Waals surface area contributed by atoms with Gasteiger partial charge in [-0.1, -0.05) is 0 Å². The maximum absolute atomic E-state index is 11.7. The summed E-state index contributed by atoms with van der Waals surface area (Å²) in [4.78, 5) is 0. The molecule has 1 rings (SSSR count). The number of hydrogen-bond donors (Lipinski definition) is 1. The van der Waals surface area contributed by atoms with E-state index in [1.165, 1.54) is 0 Å². The number of anilines is 1. The zero-order chi connectivity index (χ0) is 7.78. The molecule has 0 saturated heterocycles. The van der Waals surface area contributed by atoms with E-state index in [0.717, 1.165) is 12.3 Å². The van der Waals surface area contributed by atoms with Gasteiger partial charge in [0.2, 0.25) is 5.76 Å². The van der Waals surface area contributed by atoms with Crippen molar-refractivity contribution >= 4 is 5.69 Å². The predicted molar refractivity (Wildman–Crippen MR) is 28.1 cm³/mol. The smallest absolute Gasteiger partial charge is 0.451 e. The highest BCUT2D eigenvalue weighted by Crippen LogP contribution is 2.33. The Morgan fingerprint density at radius 3 is 2.20 bits per heavy atom. The second-order valence-corrected chi connectivity index (χ2v) is 1.70. The molecule has 0 aliphatic heterocycles. The molecule has 0 atom stereocenters. The van der Waals surface area contributed by atoms with Gasteiger partial charge in [0, 0.05) is 0 Å². The van der Waals surface area contributed by atoms with Crippen LogP contribution in [0, 0.1) is 0 Å². The van der Waals surface area contributed by atoms with E-state index in [0.29, 0.717) is 0 Å². The van der Waals surface area contributed by atoms with Gasteiger partial charge in [0.05, 0.1) is 12.0 Å². The number of hydrogen-bond acceptors (Lipinski definition) is 2. The van der Waals surface area contributed by atoms with Gasteiger partial charge in [0.1, 0.15) is 0 Å². The van der Waals surface area contributed by atoms with Gasteiger partial charge >= 0.3 is 6.18 Å². The Kier molecular flexibility index (Phi) is 1.35. The Balaban J connectivity index is 3.05. The molecule has 5 heteroatoms. The molecule has 10 heavy (non-hydrogen) atoms. The number of halogens is 3. The fourth-order valence-corrected chi connectivity index (χ4v) is 0.550. The van der Waals surface area contributed by atoms with Crippen LogP contribution in [0.5, 0.6) is 0 Å². The molecule has 0 amide bonds. The average Bonchev–Trinajstić information content (AvgIpc) is 2.11. The van der Waals surface area contributed by atoms with Crippen LogP contribution in [0.1, 0.15) is 5.76 Å². The molecule has 2 N–H and O–H groups in total. The van der Waals surface area contributed by atoms with Gasteiger partial charge in [-0.2, -0.15) is 13.2 Å². The van der Waals surface area contributed by atoms with Gasteiger partial charge in [-0.25, -0.2) is 0 Å². The highest BCUT2D eigenvalue weighted by molar-refractivity contribution is 5.41. The first kappa shape index (κ1) is 6.98. The van der Waals surface area contributed by atoms with Crippen LogP contribution in [-0.2, 0) is 6.18 Å². The zero-order valence-electron chi connectivity index (χ0n) is 4.77. The summed E-state index contributed by atoms with van der Waals surface area (Å²) in [6.07, 6.45) is -3.58. The maximum Gasteiger partial charge on any atom is 0.451 e. The normalized spacial score (nSPS) is 11.9. The summed E-state index contributed by atoms with van der Waals surface area (Å²) in [6.45, 7) is 0. The quantitative estimate of drug-likeness (QED) is 0.614. The largest absolute Gasteiger partial charge is 0.458 e. The molecule has 0 saturated carbocycles. The highest BCUT2D eigenvalue weighted by Gasteiger charge is 2.36. The first-order chi connectivity index (χ1) is 4.52. The lowest BCUT2D eigenvalue weighted by Gasteiger charge is -2.01. The van der Waals surface area contributed by atoms with Gasteiger partial charge in [-0.05, 0) is 6.07 Å². The second-order valence-electron chi connectivity index (χ2n) is 1.70. The Morgan fingerprint density at radius 1 is 1.40 bits per heavy atom. The summed E-state index contributed by atoms with van der Waals surface area (Å²) in [5.74, 6) is -1.13. The van der Waals surface area contributed by atoms with E-state index in [2.05, 4.69) is 4.42 Å². The maximum atomic E-state index is 11.7. The number of alkyl halides is 3. The minimum atomic E-state index is -4.48. The van der Waals surface area contributed by atoms with Gasteiger partial charge in [-0.3, -0.25) is 0 Å². The van der Waals surface area contributed by atoms with E-state index >= 15 is 0 Å². The van der Waals surface area contributed by atoms with E-state index in [4.69, 9.17) is 5.73 Å². The molecule has 0 aliphatic carbocycles.